The molecule has 1 aromatic carbocycles. The Labute approximate surface area is 152 Å². The molecular weight excluding hydrogens is 445 g/mol. The highest BCUT2D eigenvalue weighted by atomic mass is 19.4. The molecule has 6 nitrogen and oxygen atoms in total. The third-order valence-corrected chi connectivity index (χ3v) is 2.97. The number of benzene rings is 1. The number of carbonyl (C=O) groups excluding carboxylic acids is 1. The van der Waals surface area contributed by atoms with Gasteiger partial charge in [-0.15, -0.1) is 0 Å². The summed E-state index contributed by atoms with van der Waals surface area (Å²) in [6.07, 6.45) is -21.2. The highest BCUT2D eigenvalue weighted by Crippen LogP contribution is 2.51. The molecule has 0 bridgehead atoms. The highest BCUT2D eigenvalue weighted by Gasteiger charge is 2.79. The number of amides is 1. The van der Waals surface area contributed by atoms with Crippen LogP contribution in [0.5, 0.6) is 0 Å². The number of hydrogen-bond donors (Lipinski definition) is 2. The van der Waals surface area contributed by atoms with E-state index < -0.39 is 52.7 Å². The molecule has 0 aliphatic rings. The molecule has 1 unspecified atom stereocenters. The Morgan fingerprint density at radius 2 is 1.48 bits per heavy atom. The Hall–Kier alpha value is -2.40. The largest absolute Gasteiger partial charge is 0.733 e. The number of halogens is 11. The Kier molecular flexibility index (Phi) is 6.33. The van der Waals surface area contributed by atoms with Crippen LogP contribution < -0.4 is 10.5 Å². The first-order chi connectivity index (χ1) is 12.8. The summed E-state index contributed by atoms with van der Waals surface area (Å²) in [5.74, 6) is -17.0. The van der Waals surface area contributed by atoms with Crippen molar-refractivity contribution in [3.8, 4) is 0 Å². The van der Waals surface area contributed by atoms with E-state index in [4.69, 9.17) is 5.21 Å². The predicted octanol–water partition coefficient (Wildman–Crippen LogP) is 4.35. The van der Waals surface area contributed by atoms with Crippen molar-refractivity contribution in [2.24, 2.45) is 0 Å². The zero-order chi connectivity index (χ0) is 23.1. The van der Waals surface area contributed by atoms with Crippen LogP contribution in [0.25, 0.3) is 0 Å². The number of alkyl halides is 11. The van der Waals surface area contributed by atoms with Crippen molar-refractivity contribution in [1.29, 1.82) is 0 Å². The topological polar surface area (TPSA) is 84.9 Å². The lowest BCUT2D eigenvalue weighted by molar-refractivity contribution is -0.472. The van der Waals surface area contributed by atoms with Crippen molar-refractivity contribution in [3.63, 3.8) is 0 Å². The van der Waals surface area contributed by atoms with E-state index >= 15 is 0 Å². The third kappa shape index (κ3) is 4.78. The average molecular weight is 451 g/mol. The van der Waals surface area contributed by atoms with E-state index in [-0.39, 0.29) is 0 Å². The Bertz CT molecular complexity index is 750. The van der Waals surface area contributed by atoms with E-state index in [9.17, 15) is 58.3 Å². The van der Waals surface area contributed by atoms with Crippen molar-refractivity contribution >= 4 is 17.3 Å². The summed E-state index contributed by atoms with van der Waals surface area (Å²) < 4.78 is 142. The summed E-state index contributed by atoms with van der Waals surface area (Å²) in [7, 11) is 0. The second kappa shape index (κ2) is 7.45. The monoisotopic (exact) mass is 451 g/mol. The summed E-state index contributed by atoms with van der Waals surface area (Å²) >= 11 is 0. The molecule has 166 valence electrons. The van der Waals surface area contributed by atoms with Crippen molar-refractivity contribution in [2.45, 2.75) is 30.2 Å². The average Bonchev–Trinajstić information content (AvgIpc) is 2.52. The minimum absolute atomic E-state index is 0.365. The summed E-state index contributed by atoms with van der Waals surface area (Å²) in [6.45, 7) is 0. The summed E-state index contributed by atoms with van der Waals surface area (Å²) in [5, 5.41) is 19.2. The number of nitrogens with zero attached hydrogens (tertiary/aromatic N) is 1. The molecule has 0 aliphatic heterocycles. The molecule has 0 saturated carbocycles. The first kappa shape index (κ1) is 24.6. The number of hydrogen-bond acceptors (Lipinski definition) is 5. The van der Waals surface area contributed by atoms with Gasteiger partial charge < -0.3 is 15.8 Å². The maximum atomic E-state index is 14.0. The van der Waals surface area contributed by atoms with Crippen molar-refractivity contribution < 1.29 is 63.0 Å². The van der Waals surface area contributed by atoms with Crippen LogP contribution in [-0.4, -0.2) is 41.4 Å². The summed E-state index contributed by atoms with van der Waals surface area (Å²) in [5.41, 5.74) is -1.77. The quantitative estimate of drug-likeness (QED) is 0.496. The number of anilines is 2. The molecule has 0 saturated heterocycles. The smallest absolute Gasteiger partial charge is 0.462 e. The Balaban J connectivity index is 3.32. The fraction of sp³-hybridized carbons (Fsp3) is 0.417. The molecular formula is C12H6F11N2O4-. The van der Waals surface area contributed by atoms with Crippen LogP contribution in [-0.2, 0) is 9.53 Å². The van der Waals surface area contributed by atoms with Crippen LogP contribution in [0.2, 0.25) is 0 Å². The lowest BCUT2D eigenvalue weighted by Crippen LogP contribution is -2.62. The van der Waals surface area contributed by atoms with E-state index in [0.717, 1.165) is 17.4 Å². The van der Waals surface area contributed by atoms with Crippen molar-refractivity contribution in [3.05, 3.63) is 29.5 Å². The molecule has 0 spiro atoms. The van der Waals surface area contributed by atoms with Gasteiger partial charge in [0.2, 0.25) is 0 Å². The minimum atomic E-state index is -7.32. The maximum absolute atomic E-state index is 14.0. The van der Waals surface area contributed by atoms with Gasteiger partial charge in [-0.25, -0.2) is 0 Å². The van der Waals surface area contributed by atoms with Crippen LogP contribution in [0.4, 0.5) is 59.7 Å². The van der Waals surface area contributed by atoms with E-state index in [1.54, 1.807) is 0 Å². The number of ether oxygens (including phenoxy) is 1. The van der Waals surface area contributed by atoms with Crippen LogP contribution in [0.1, 0.15) is 0 Å². The van der Waals surface area contributed by atoms with Gasteiger partial charge in [0.15, 0.2) is 0 Å². The number of carbonyl (C=O) groups is 1. The normalized spacial score (nSPS) is 15.6. The second-order valence-corrected chi connectivity index (χ2v) is 5.06. The van der Waals surface area contributed by atoms with Gasteiger partial charge >= 0.3 is 30.2 Å². The fourth-order valence-corrected chi connectivity index (χ4v) is 1.55. The molecule has 1 rings (SSSR count). The minimum Gasteiger partial charge on any atom is -0.733 e. The first-order valence-corrected chi connectivity index (χ1v) is 6.62. The van der Waals surface area contributed by atoms with Gasteiger partial charge in [-0.2, -0.15) is 48.3 Å². The van der Waals surface area contributed by atoms with Crippen LogP contribution >= 0.6 is 0 Å². The van der Waals surface area contributed by atoms with Crippen LogP contribution in [0, 0.1) is 5.21 Å². The molecule has 17 heteroatoms. The molecule has 0 aliphatic carbocycles. The van der Waals surface area contributed by atoms with Gasteiger partial charge in [0.05, 0.1) is 5.69 Å². The molecule has 0 heterocycles. The second-order valence-electron chi connectivity index (χ2n) is 5.06. The van der Waals surface area contributed by atoms with Gasteiger partial charge in [0, 0.05) is 5.69 Å². The van der Waals surface area contributed by atoms with E-state index in [1.165, 1.54) is 0 Å². The molecule has 0 fully saturated rings. The maximum Gasteiger partial charge on any atom is 0.462 e. The predicted molar refractivity (Wildman–Crippen MR) is 69.6 cm³/mol. The molecule has 29 heavy (non-hydrogen) atoms. The molecule has 0 aromatic heterocycles. The first-order valence-electron chi connectivity index (χ1n) is 6.62. The van der Waals surface area contributed by atoms with Gasteiger partial charge in [-0.05, 0) is 18.2 Å². The standard InChI is InChI=1S/C12H6F11N2O4/c13-8(10(16,17)18,29-12(22,23)9(14,15)11(19,20)21)7(26)24-5-2-1-3-6(4-5)25(27)28/h1-4,27H,(H,24,26)/q-1. The van der Waals surface area contributed by atoms with E-state index in [0.29, 0.717) is 12.1 Å². The fourth-order valence-electron chi connectivity index (χ4n) is 1.55. The van der Waals surface area contributed by atoms with E-state index in [2.05, 4.69) is 4.74 Å². The zero-order valence-electron chi connectivity index (χ0n) is 13.1. The molecule has 1 amide bonds. The van der Waals surface area contributed by atoms with Gasteiger partial charge in [0.1, 0.15) is 0 Å². The lowest BCUT2D eigenvalue weighted by atomic mass is 10.2. The Morgan fingerprint density at radius 1 is 0.966 bits per heavy atom. The van der Waals surface area contributed by atoms with Gasteiger partial charge in [-0.1, -0.05) is 6.07 Å². The molecule has 1 atom stereocenters. The Morgan fingerprint density at radius 3 is 1.90 bits per heavy atom. The molecule has 1 aromatic rings. The van der Waals surface area contributed by atoms with Crippen molar-refractivity contribution in [2.75, 3.05) is 10.5 Å². The SMILES string of the molecule is O=C(Nc1cccc(N([O-])O)c1)C(F)(OC(F)(F)C(F)(F)C(F)(F)F)C(F)(F)F. The summed E-state index contributed by atoms with van der Waals surface area (Å²) in [6, 6.07) is 2.55. The van der Waals surface area contributed by atoms with Gasteiger partial charge in [-0.3, -0.25) is 14.7 Å². The number of rotatable bonds is 6. The van der Waals surface area contributed by atoms with Gasteiger partial charge in [0.25, 0.3) is 5.91 Å². The van der Waals surface area contributed by atoms with Crippen molar-refractivity contribution in [1.82, 2.24) is 0 Å². The summed E-state index contributed by atoms with van der Waals surface area (Å²) in [4.78, 5) is 11.5. The third-order valence-electron chi connectivity index (χ3n) is 2.97. The molecule has 2 N–H and O–H groups in total. The zero-order valence-corrected chi connectivity index (χ0v) is 13.1. The van der Waals surface area contributed by atoms with Crippen LogP contribution in [0.15, 0.2) is 24.3 Å². The van der Waals surface area contributed by atoms with Crippen LogP contribution in [0.3, 0.4) is 0 Å². The number of nitrogens with one attached hydrogen (secondary N) is 1. The lowest BCUT2D eigenvalue weighted by Gasteiger charge is -2.34. The van der Waals surface area contributed by atoms with E-state index in [1.807, 2.05) is 0 Å². The molecule has 0 radical (unpaired) electrons. The highest BCUT2D eigenvalue weighted by molar-refractivity contribution is 5.97.